The van der Waals surface area contributed by atoms with E-state index in [-0.39, 0.29) is 11.2 Å². The van der Waals surface area contributed by atoms with Gasteiger partial charge in [0.1, 0.15) is 0 Å². The Kier molecular flexibility index (Phi) is 2.45. The van der Waals surface area contributed by atoms with Crippen LogP contribution in [0.25, 0.3) is 0 Å². The Hall–Kier alpha value is -1.05. The van der Waals surface area contributed by atoms with E-state index in [1.54, 1.807) is 7.11 Å². The second kappa shape index (κ2) is 3.51. The Balaban J connectivity index is 2.53. The largest absolute Gasteiger partial charge is 0.493 e. The van der Waals surface area contributed by atoms with Crippen molar-refractivity contribution in [2.75, 3.05) is 7.11 Å². The topological polar surface area (TPSA) is 26.3 Å². The molecule has 1 saturated carbocycles. The molecule has 82 valence electrons. The maximum absolute atomic E-state index is 11.7. The third-order valence-corrected chi connectivity index (χ3v) is 3.75. The summed E-state index contributed by atoms with van der Waals surface area (Å²) >= 11 is 0. The van der Waals surface area contributed by atoms with Gasteiger partial charge in [-0.2, -0.15) is 0 Å². The molecule has 15 heavy (non-hydrogen) atoms. The average molecular weight is 206 g/mol. The average Bonchev–Trinajstić information content (AvgIpc) is 2.20. The summed E-state index contributed by atoms with van der Waals surface area (Å²) < 4.78 is 5.28. The molecule has 0 radical (unpaired) electrons. The van der Waals surface area contributed by atoms with E-state index in [1.807, 2.05) is 0 Å². The van der Waals surface area contributed by atoms with Gasteiger partial charge in [0.2, 0.25) is 0 Å². The highest BCUT2D eigenvalue weighted by atomic mass is 16.5. The van der Waals surface area contributed by atoms with Crippen LogP contribution in [0.5, 0.6) is 0 Å². The number of fused-ring (bicyclic) bond motifs is 1. The number of allylic oxidation sites excluding steroid dienone is 3. The smallest absolute Gasteiger partial charge is 0.197 e. The maximum atomic E-state index is 11.7. The predicted octanol–water partition coefficient (Wildman–Crippen LogP) is 3.00. The van der Waals surface area contributed by atoms with E-state index in [9.17, 15) is 4.79 Å². The Morgan fingerprint density at radius 2 is 2.07 bits per heavy atom. The van der Waals surface area contributed by atoms with E-state index in [2.05, 4.69) is 13.5 Å². The molecule has 0 aromatic carbocycles. The van der Waals surface area contributed by atoms with Gasteiger partial charge in [0, 0.05) is 12.0 Å². The highest BCUT2D eigenvalue weighted by molar-refractivity contribution is 5.96. The van der Waals surface area contributed by atoms with Gasteiger partial charge in [0.05, 0.1) is 7.11 Å². The fourth-order valence-corrected chi connectivity index (χ4v) is 2.91. The van der Waals surface area contributed by atoms with Crippen molar-refractivity contribution in [3.05, 3.63) is 23.5 Å². The summed E-state index contributed by atoms with van der Waals surface area (Å²) in [7, 11) is 1.59. The van der Waals surface area contributed by atoms with Gasteiger partial charge < -0.3 is 4.74 Å². The molecule has 0 aliphatic heterocycles. The molecule has 0 heterocycles. The van der Waals surface area contributed by atoms with Gasteiger partial charge in [-0.3, -0.25) is 4.79 Å². The normalized spacial score (nSPS) is 31.6. The van der Waals surface area contributed by atoms with Gasteiger partial charge >= 0.3 is 0 Å². The maximum Gasteiger partial charge on any atom is 0.197 e. The molecule has 1 fully saturated rings. The number of hydrogen-bond donors (Lipinski definition) is 0. The number of hydrogen-bond acceptors (Lipinski definition) is 2. The minimum Gasteiger partial charge on any atom is -0.493 e. The Bertz CT molecular complexity index is 352. The van der Waals surface area contributed by atoms with Crippen molar-refractivity contribution >= 4 is 5.78 Å². The molecule has 1 atom stereocenters. The lowest BCUT2D eigenvalue weighted by Gasteiger charge is -2.41. The monoisotopic (exact) mass is 206 g/mol. The number of rotatable bonds is 1. The first-order valence-electron chi connectivity index (χ1n) is 5.58. The SMILES string of the molecule is C=C1CCC[C@@]2(C)CCC(=O)C(OC)=C12. The molecular weight excluding hydrogens is 188 g/mol. The summed E-state index contributed by atoms with van der Waals surface area (Å²) in [5.74, 6) is 0.724. The van der Waals surface area contributed by atoms with Crippen LogP contribution in [0.2, 0.25) is 0 Å². The molecular formula is C13H18O2. The summed E-state index contributed by atoms with van der Waals surface area (Å²) in [6.07, 6.45) is 4.92. The molecule has 0 unspecified atom stereocenters. The van der Waals surface area contributed by atoms with Crippen molar-refractivity contribution in [1.29, 1.82) is 0 Å². The quantitative estimate of drug-likeness (QED) is 0.659. The predicted molar refractivity (Wildman–Crippen MR) is 59.4 cm³/mol. The third kappa shape index (κ3) is 1.52. The number of carbonyl (C=O) groups excluding carboxylic acids is 1. The Morgan fingerprint density at radius 1 is 1.33 bits per heavy atom. The second-order valence-corrected chi connectivity index (χ2v) is 4.85. The summed E-state index contributed by atoms with van der Waals surface area (Å²) in [5.41, 5.74) is 2.34. The summed E-state index contributed by atoms with van der Waals surface area (Å²) in [6.45, 7) is 6.32. The van der Waals surface area contributed by atoms with Crippen LogP contribution in [0.1, 0.15) is 39.0 Å². The summed E-state index contributed by atoms with van der Waals surface area (Å²) in [6, 6.07) is 0. The molecule has 0 amide bonds. The van der Waals surface area contributed by atoms with Gasteiger partial charge in [-0.25, -0.2) is 0 Å². The van der Waals surface area contributed by atoms with Crippen LogP contribution in [0.3, 0.4) is 0 Å². The van der Waals surface area contributed by atoms with Gasteiger partial charge in [-0.05, 0) is 36.7 Å². The number of carbonyl (C=O) groups is 1. The number of methoxy groups -OCH3 is 1. The molecule has 2 aliphatic rings. The zero-order valence-corrected chi connectivity index (χ0v) is 9.56. The van der Waals surface area contributed by atoms with Gasteiger partial charge in [-0.15, -0.1) is 0 Å². The standard InChI is InChI=1S/C13H18O2/c1-9-5-4-7-13(2)8-6-10(14)12(15-3)11(9)13/h1,4-8H2,2-3H3/t13-/m0/s1. The minimum atomic E-state index is 0.134. The molecule has 0 N–H and O–H groups in total. The van der Waals surface area contributed by atoms with Crippen LogP contribution in [-0.4, -0.2) is 12.9 Å². The first-order valence-corrected chi connectivity index (χ1v) is 5.58. The fourth-order valence-electron chi connectivity index (χ4n) is 2.91. The lowest BCUT2D eigenvalue weighted by molar-refractivity contribution is -0.120. The van der Waals surface area contributed by atoms with Crippen molar-refractivity contribution in [1.82, 2.24) is 0 Å². The van der Waals surface area contributed by atoms with Crippen LogP contribution >= 0.6 is 0 Å². The summed E-state index contributed by atoms with van der Waals surface area (Å²) in [4.78, 5) is 11.7. The minimum absolute atomic E-state index is 0.134. The summed E-state index contributed by atoms with van der Waals surface area (Å²) in [5, 5.41) is 0. The highest BCUT2D eigenvalue weighted by Crippen LogP contribution is 2.50. The van der Waals surface area contributed by atoms with Gasteiger partial charge in [0.15, 0.2) is 11.5 Å². The van der Waals surface area contributed by atoms with Crippen molar-refractivity contribution < 1.29 is 9.53 Å². The van der Waals surface area contributed by atoms with Gasteiger partial charge in [-0.1, -0.05) is 13.5 Å². The van der Waals surface area contributed by atoms with Crippen molar-refractivity contribution in [2.45, 2.75) is 39.0 Å². The van der Waals surface area contributed by atoms with Crippen LogP contribution in [-0.2, 0) is 9.53 Å². The highest BCUT2D eigenvalue weighted by Gasteiger charge is 2.41. The first-order chi connectivity index (χ1) is 7.08. The molecule has 2 aliphatic carbocycles. The second-order valence-electron chi connectivity index (χ2n) is 4.85. The van der Waals surface area contributed by atoms with Crippen LogP contribution in [0.4, 0.5) is 0 Å². The van der Waals surface area contributed by atoms with Crippen LogP contribution < -0.4 is 0 Å². The van der Waals surface area contributed by atoms with Crippen LogP contribution in [0, 0.1) is 5.41 Å². The number of Topliss-reactive ketones (excluding diaryl/α,β-unsaturated/α-hetero) is 1. The molecule has 0 saturated heterocycles. The third-order valence-electron chi connectivity index (χ3n) is 3.75. The van der Waals surface area contributed by atoms with E-state index in [4.69, 9.17) is 4.74 Å². The van der Waals surface area contributed by atoms with E-state index >= 15 is 0 Å². The fraction of sp³-hybridized carbons (Fsp3) is 0.615. The Morgan fingerprint density at radius 3 is 2.73 bits per heavy atom. The molecule has 2 nitrogen and oxygen atoms in total. The lowest BCUT2D eigenvalue weighted by atomic mass is 9.64. The van der Waals surface area contributed by atoms with E-state index in [0.29, 0.717) is 12.2 Å². The number of ketones is 1. The molecule has 2 rings (SSSR count). The van der Waals surface area contributed by atoms with Crippen molar-refractivity contribution in [3.8, 4) is 0 Å². The molecule has 0 aromatic heterocycles. The van der Waals surface area contributed by atoms with Gasteiger partial charge in [0.25, 0.3) is 0 Å². The number of ether oxygens (including phenoxy) is 1. The molecule has 0 bridgehead atoms. The van der Waals surface area contributed by atoms with Crippen LogP contribution in [0.15, 0.2) is 23.5 Å². The zero-order valence-electron chi connectivity index (χ0n) is 9.56. The van der Waals surface area contributed by atoms with Crippen molar-refractivity contribution in [2.24, 2.45) is 5.41 Å². The Labute approximate surface area is 91.0 Å². The molecule has 0 aromatic rings. The molecule has 2 heteroatoms. The zero-order chi connectivity index (χ0) is 11.1. The van der Waals surface area contributed by atoms with Crippen molar-refractivity contribution in [3.63, 3.8) is 0 Å². The lowest BCUT2D eigenvalue weighted by Crippen LogP contribution is -2.32. The van der Waals surface area contributed by atoms with E-state index in [1.165, 1.54) is 6.42 Å². The first kappa shape index (κ1) is 10.5. The van der Waals surface area contributed by atoms with E-state index in [0.717, 1.165) is 30.4 Å². The van der Waals surface area contributed by atoms with E-state index < -0.39 is 0 Å². The molecule has 0 spiro atoms.